The molecule has 7 nitrogen and oxygen atoms in total. The number of rotatable bonds is 6. The van der Waals surface area contributed by atoms with Crippen molar-refractivity contribution in [3.63, 3.8) is 0 Å². The van der Waals surface area contributed by atoms with E-state index in [-0.39, 0.29) is 4.90 Å². The quantitative estimate of drug-likeness (QED) is 0.586. The van der Waals surface area contributed by atoms with Crippen molar-refractivity contribution in [2.75, 3.05) is 19.8 Å². The number of nitrogens with zero attached hydrogens (tertiary/aromatic N) is 2. The number of sulfone groups is 1. The first kappa shape index (κ1) is 20.3. The Kier molecular flexibility index (Phi) is 4.75. The maximum atomic E-state index is 12.9. The van der Waals surface area contributed by atoms with Crippen LogP contribution in [0.25, 0.3) is 22.5 Å². The monoisotopic (exact) mass is 442 g/mol. The molecule has 31 heavy (non-hydrogen) atoms. The molecule has 5 rings (SSSR count). The van der Waals surface area contributed by atoms with E-state index in [1.807, 2.05) is 12.1 Å². The second kappa shape index (κ2) is 7.24. The van der Waals surface area contributed by atoms with Gasteiger partial charge in [-0.1, -0.05) is 0 Å². The van der Waals surface area contributed by atoms with E-state index in [0.717, 1.165) is 29.1 Å². The molecule has 1 aromatic rings. The Morgan fingerprint density at radius 3 is 2.61 bits per heavy atom. The van der Waals surface area contributed by atoms with Crippen LogP contribution in [0.4, 0.5) is 0 Å². The third-order valence-electron chi connectivity index (χ3n) is 6.61. The number of pyridine rings is 1. The van der Waals surface area contributed by atoms with Gasteiger partial charge in [0.25, 0.3) is 0 Å². The summed E-state index contributed by atoms with van der Waals surface area (Å²) in [6.07, 6.45) is 1.63. The highest BCUT2D eigenvalue weighted by molar-refractivity contribution is 7.92. The van der Waals surface area contributed by atoms with Crippen LogP contribution < -0.4 is 4.74 Å². The minimum absolute atomic E-state index is 0.257. The molecule has 3 aliphatic heterocycles. The average Bonchev–Trinajstić information content (AvgIpc) is 3.11. The van der Waals surface area contributed by atoms with Crippen molar-refractivity contribution in [3.05, 3.63) is 42.2 Å². The fraction of sp³-hybridized carbons (Fsp3) is 0.435. The molecule has 1 aliphatic carbocycles. The Hall–Kier alpha value is -2.58. The predicted octanol–water partition coefficient (Wildman–Crippen LogP) is 3.65. The van der Waals surface area contributed by atoms with E-state index in [0.29, 0.717) is 47.2 Å². The number of fused-ring (bicyclic) bond motifs is 2. The van der Waals surface area contributed by atoms with Gasteiger partial charge < -0.3 is 14.7 Å². The number of benzene rings is 1. The lowest BCUT2D eigenvalue weighted by Crippen LogP contribution is -2.14. The van der Waals surface area contributed by atoms with Crippen LogP contribution in [0.2, 0.25) is 0 Å². The maximum Gasteiger partial charge on any atom is 0.180 e. The third-order valence-corrected chi connectivity index (χ3v) is 8.76. The van der Waals surface area contributed by atoms with Crippen molar-refractivity contribution in [2.45, 2.75) is 30.9 Å². The lowest BCUT2D eigenvalue weighted by molar-refractivity contribution is 0.137. The SMILES string of the molecule is Cc1cc(-c2cc(S(=O)(=O)C(C)C)ccc2OCC2C3COCC32)c2ccnc-2n1O. The summed E-state index contributed by atoms with van der Waals surface area (Å²) in [5.41, 5.74) is 2.79. The summed E-state index contributed by atoms with van der Waals surface area (Å²) in [4.78, 5) is 4.51. The van der Waals surface area contributed by atoms with Crippen molar-refractivity contribution < 1.29 is 23.1 Å². The summed E-state index contributed by atoms with van der Waals surface area (Å²) in [7, 11) is -3.46. The molecule has 2 atom stereocenters. The van der Waals surface area contributed by atoms with Gasteiger partial charge in [-0.2, -0.15) is 4.73 Å². The summed E-state index contributed by atoms with van der Waals surface area (Å²) in [5.74, 6) is 2.68. The molecular formula is C23H26N2O5S. The fourth-order valence-corrected chi connectivity index (χ4v) is 5.61. The number of ether oxygens (including phenoxy) is 2. The number of hydrogen-bond acceptors (Lipinski definition) is 6. The molecule has 0 bridgehead atoms. The van der Waals surface area contributed by atoms with Crippen molar-refractivity contribution in [1.29, 1.82) is 0 Å². The first-order chi connectivity index (χ1) is 14.8. The second-order valence-electron chi connectivity index (χ2n) is 8.79. The van der Waals surface area contributed by atoms with Gasteiger partial charge in [0.15, 0.2) is 15.7 Å². The highest BCUT2D eigenvalue weighted by Crippen LogP contribution is 2.51. The van der Waals surface area contributed by atoms with Gasteiger partial charge in [-0.3, -0.25) is 0 Å². The van der Waals surface area contributed by atoms with E-state index in [2.05, 4.69) is 4.98 Å². The largest absolute Gasteiger partial charge is 0.493 e. The van der Waals surface area contributed by atoms with Crippen molar-refractivity contribution in [1.82, 2.24) is 9.71 Å². The van der Waals surface area contributed by atoms with Crippen molar-refractivity contribution in [2.24, 2.45) is 17.8 Å². The molecule has 1 aromatic carbocycles. The molecule has 4 aliphatic rings. The molecule has 164 valence electrons. The van der Waals surface area contributed by atoms with E-state index >= 15 is 0 Å². The highest BCUT2D eigenvalue weighted by Gasteiger charge is 2.54. The van der Waals surface area contributed by atoms with E-state index in [4.69, 9.17) is 9.47 Å². The van der Waals surface area contributed by atoms with Crippen LogP contribution >= 0.6 is 0 Å². The van der Waals surface area contributed by atoms with Crippen molar-refractivity contribution >= 4 is 9.84 Å². The zero-order valence-corrected chi connectivity index (χ0v) is 18.6. The van der Waals surface area contributed by atoms with Crippen LogP contribution in [0, 0.1) is 24.7 Å². The maximum absolute atomic E-state index is 12.9. The molecule has 0 radical (unpaired) electrons. The van der Waals surface area contributed by atoms with Crippen LogP contribution in [0.5, 0.6) is 5.75 Å². The topological polar surface area (TPSA) is 90.7 Å². The lowest BCUT2D eigenvalue weighted by atomic mass is 9.99. The predicted molar refractivity (Wildman–Crippen MR) is 115 cm³/mol. The molecule has 1 N–H and O–H groups in total. The van der Waals surface area contributed by atoms with Gasteiger partial charge in [-0.25, -0.2) is 13.4 Å². The molecule has 1 saturated carbocycles. The standard InChI is InChI=1S/C23H26N2O5S/c1-13(2)31(27,28)15-4-5-22(30-12-21-19-10-29-11-20(19)21)18(9-15)17-8-14(3)25(26)23-16(17)6-7-24-23/h4-9,13,19-21,26H,10-12H2,1-3H3. The Morgan fingerprint density at radius 2 is 1.90 bits per heavy atom. The van der Waals surface area contributed by atoms with Gasteiger partial charge in [0.2, 0.25) is 0 Å². The van der Waals surface area contributed by atoms with Crippen LogP contribution in [-0.2, 0) is 14.6 Å². The Bertz CT molecular complexity index is 1210. The molecule has 1 saturated heterocycles. The molecule has 0 amide bonds. The van der Waals surface area contributed by atoms with Crippen LogP contribution in [0.1, 0.15) is 19.5 Å². The van der Waals surface area contributed by atoms with Crippen LogP contribution in [-0.4, -0.2) is 48.4 Å². The molecule has 2 unspecified atom stereocenters. The van der Waals surface area contributed by atoms with Gasteiger partial charge in [0.05, 0.1) is 35.7 Å². The van der Waals surface area contributed by atoms with Crippen LogP contribution in [0.15, 0.2) is 41.4 Å². The second-order valence-corrected chi connectivity index (χ2v) is 11.3. The first-order valence-corrected chi connectivity index (χ1v) is 12.1. The van der Waals surface area contributed by atoms with Gasteiger partial charge in [-0.05, 0) is 68.5 Å². The zero-order chi connectivity index (χ0) is 21.9. The smallest absolute Gasteiger partial charge is 0.180 e. The van der Waals surface area contributed by atoms with Gasteiger partial charge in [0, 0.05) is 23.2 Å². The molecule has 0 spiro atoms. The number of aromatic nitrogens is 2. The lowest BCUT2D eigenvalue weighted by Gasteiger charge is -2.19. The van der Waals surface area contributed by atoms with E-state index in [9.17, 15) is 13.6 Å². The van der Waals surface area contributed by atoms with Gasteiger partial charge in [-0.15, -0.1) is 0 Å². The number of aryl methyl sites for hydroxylation is 1. The summed E-state index contributed by atoms with van der Waals surface area (Å²) in [6, 6.07) is 8.69. The minimum atomic E-state index is -3.46. The highest BCUT2D eigenvalue weighted by atomic mass is 32.2. The summed E-state index contributed by atoms with van der Waals surface area (Å²) >= 11 is 0. The molecule has 8 heteroatoms. The van der Waals surface area contributed by atoms with Crippen molar-refractivity contribution in [3.8, 4) is 28.3 Å². The van der Waals surface area contributed by atoms with Gasteiger partial charge >= 0.3 is 0 Å². The zero-order valence-electron chi connectivity index (χ0n) is 17.8. The Morgan fingerprint density at radius 1 is 1.16 bits per heavy atom. The van der Waals surface area contributed by atoms with Gasteiger partial charge in [0.1, 0.15) is 5.75 Å². The summed E-state index contributed by atoms with van der Waals surface area (Å²) in [6.45, 7) is 7.30. The molecule has 3 heterocycles. The molecule has 2 fully saturated rings. The van der Waals surface area contributed by atoms with E-state index in [1.54, 1.807) is 45.2 Å². The molecule has 0 aromatic heterocycles. The number of hydrogen-bond donors (Lipinski definition) is 1. The average molecular weight is 443 g/mol. The fourth-order valence-electron chi connectivity index (χ4n) is 4.53. The third kappa shape index (κ3) is 3.29. The Balaban J connectivity index is 1.59. The normalized spacial score (nSPS) is 22.8. The summed E-state index contributed by atoms with van der Waals surface area (Å²) < 4.78 is 38.5. The molecular weight excluding hydrogens is 416 g/mol. The minimum Gasteiger partial charge on any atom is -0.493 e. The Labute approximate surface area is 181 Å². The van der Waals surface area contributed by atoms with E-state index < -0.39 is 15.1 Å². The first-order valence-electron chi connectivity index (χ1n) is 10.5. The van der Waals surface area contributed by atoms with Crippen LogP contribution in [0.3, 0.4) is 0 Å². The van der Waals surface area contributed by atoms with E-state index in [1.165, 1.54) is 0 Å². The summed E-state index contributed by atoms with van der Waals surface area (Å²) in [5, 5.41) is 9.80.